The molecule has 0 unspecified atom stereocenters. The highest BCUT2D eigenvalue weighted by Gasteiger charge is 2.33. The van der Waals surface area contributed by atoms with Crippen molar-refractivity contribution in [3.63, 3.8) is 0 Å². The quantitative estimate of drug-likeness (QED) is 0.523. The Hall–Kier alpha value is -1.30. The van der Waals surface area contributed by atoms with Gasteiger partial charge in [0.1, 0.15) is 11.4 Å². The number of nitrogens with zero attached hydrogens (tertiary/aromatic N) is 1. The van der Waals surface area contributed by atoms with Gasteiger partial charge < -0.3 is 0 Å². The van der Waals surface area contributed by atoms with Gasteiger partial charge in [-0.2, -0.15) is 13.2 Å². The maximum atomic E-state index is 12.6. The van der Waals surface area contributed by atoms with E-state index in [2.05, 4.69) is 4.98 Å². The first-order chi connectivity index (χ1) is 9.75. The Morgan fingerprint density at radius 1 is 0.952 bits per heavy atom. The highest BCUT2D eigenvalue weighted by molar-refractivity contribution is 6.49. The summed E-state index contributed by atoms with van der Waals surface area (Å²) in [5, 5.41) is 0.277. The molecule has 2 nitrogen and oxygen atoms in total. The van der Waals surface area contributed by atoms with Gasteiger partial charge in [-0.05, 0) is 18.2 Å². The predicted octanol–water partition coefficient (Wildman–Crippen LogP) is 5.54. The minimum Gasteiger partial charge on any atom is -0.296 e. The summed E-state index contributed by atoms with van der Waals surface area (Å²) in [5.41, 5.74) is -1.13. The molecule has 0 spiro atoms. The number of aromatic nitrogens is 1. The molecule has 0 radical (unpaired) electrons. The minimum atomic E-state index is -4.64. The molecule has 110 valence electrons. The number of aldehydes is 1. The molecule has 1 aromatic heterocycles. The van der Waals surface area contributed by atoms with Crippen molar-refractivity contribution in [3.05, 3.63) is 50.7 Å². The minimum absolute atomic E-state index is 0.0359. The number of hydrogen-bond acceptors (Lipinski definition) is 2. The van der Waals surface area contributed by atoms with E-state index in [-0.39, 0.29) is 38.2 Å². The van der Waals surface area contributed by atoms with E-state index >= 15 is 0 Å². The molecule has 1 aromatic carbocycles. The molecule has 0 aliphatic carbocycles. The molecule has 21 heavy (non-hydrogen) atoms. The molecule has 0 saturated carbocycles. The smallest absolute Gasteiger partial charge is 0.296 e. The Morgan fingerprint density at radius 3 is 2.14 bits per heavy atom. The van der Waals surface area contributed by atoms with Gasteiger partial charge in [0.15, 0.2) is 6.29 Å². The molecular weight excluding hydrogens is 350 g/mol. The van der Waals surface area contributed by atoms with E-state index in [9.17, 15) is 18.0 Å². The van der Waals surface area contributed by atoms with E-state index in [0.717, 1.165) is 12.1 Å². The van der Waals surface area contributed by atoms with Crippen molar-refractivity contribution in [3.8, 4) is 11.1 Å². The summed E-state index contributed by atoms with van der Waals surface area (Å²) in [6.45, 7) is 0. The van der Waals surface area contributed by atoms with Gasteiger partial charge >= 0.3 is 6.18 Å². The van der Waals surface area contributed by atoms with Crippen molar-refractivity contribution >= 4 is 41.1 Å². The first-order valence-electron chi connectivity index (χ1n) is 5.43. The summed E-state index contributed by atoms with van der Waals surface area (Å²) in [7, 11) is 0. The van der Waals surface area contributed by atoms with Crippen molar-refractivity contribution in [2.24, 2.45) is 0 Å². The molecule has 0 saturated heterocycles. The van der Waals surface area contributed by atoms with Crippen molar-refractivity contribution in [2.45, 2.75) is 6.18 Å². The highest BCUT2D eigenvalue weighted by atomic mass is 35.5. The zero-order valence-electron chi connectivity index (χ0n) is 10.0. The molecule has 0 N–H and O–H groups in total. The Bertz CT molecular complexity index is 717. The maximum Gasteiger partial charge on any atom is 0.433 e. The maximum absolute atomic E-state index is 12.6. The van der Waals surface area contributed by atoms with E-state index in [1.807, 2.05) is 0 Å². The van der Waals surface area contributed by atoms with Gasteiger partial charge in [-0.15, -0.1) is 0 Å². The Labute approximate surface area is 132 Å². The van der Waals surface area contributed by atoms with E-state index in [1.165, 1.54) is 12.1 Å². The second-order valence-corrected chi connectivity index (χ2v) is 5.13. The Balaban J connectivity index is 2.65. The van der Waals surface area contributed by atoms with Crippen LogP contribution >= 0.6 is 34.8 Å². The molecular formula is C13H5Cl3F3NO. The van der Waals surface area contributed by atoms with Crippen LogP contribution in [-0.2, 0) is 6.18 Å². The molecule has 2 rings (SSSR count). The van der Waals surface area contributed by atoms with Gasteiger partial charge in [0.05, 0.1) is 15.1 Å². The second-order valence-electron chi connectivity index (χ2n) is 3.97. The van der Waals surface area contributed by atoms with Crippen molar-refractivity contribution in [1.82, 2.24) is 4.98 Å². The fourth-order valence-corrected chi connectivity index (χ4v) is 2.32. The summed E-state index contributed by atoms with van der Waals surface area (Å²) in [4.78, 5) is 14.3. The van der Waals surface area contributed by atoms with Crippen LogP contribution in [-0.4, -0.2) is 11.3 Å². The molecule has 8 heteroatoms. The van der Waals surface area contributed by atoms with E-state index in [1.54, 1.807) is 0 Å². The third-order valence-corrected chi connectivity index (χ3v) is 3.95. The molecule has 0 amide bonds. The first-order valence-corrected chi connectivity index (χ1v) is 6.56. The average molecular weight is 355 g/mol. The lowest BCUT2D eigenvalue weighted by Crippen LogP contribution is -2.10. The fraction of sp³-hybridized carbons (Fsp3) is 0.0769. The second kappa shape index (κ2) is 5.83. The number of carbonyl (C=O) groups is 1. The zero-order chi connectivity index (χ0) is 15.8. The standard InChI is InChI=1S/C13H5Cl3F3NO/c14-8-3-1-7(11(15)12(8)16)6-2-4-10(13(17,18)19)20-9(6)5-21/h1-5H. The van der Waals surface area contributed by atoms with Gasteiger partial charge in [-0.25, -0.2) is 4.98 Å². The summed E-state index contributed by atoms with van der Waals surface area (Å²) in [6.07, 6.45) is -4.42. The summed E-state index contributed by atoms with van der Waals surface area (Å²) in [6, 6.07) is 4.76. The molecule has 0 atom stereocenters. The van der Waals surface area contributed by atoms with E-state index < -0.39 is 11.9 Å². The molecule has 0 fully saturated rings. The molecule has 2 aromatic rings. The molecule has 0 aliphatic heterocycles. The number of hydrogen-bond donors (Lipinski definition) is 0. The van der Waals surface area contributed by atoms with Crippen molar-refractivity contribution in [1.29, 1.82) is 0 Å². The van der Waals surface area contributed by atoms with Gasteiger partial charge in [0, 0.05) is 11.1 Å². The van der Waals surface area contributed by atoms with Crippen LogP contribution in [0.4, 0.5) is 13.2 Å². The SMILES string of the molecule is O=Cc1nc(C(F)(F)F)ccc1-c1ccc(Cl)c(Cl)c1Cl. The van der Waals surface area contributed by atoms with Gasteiger partial charge in [-0.3, -0.25) is 4.79 Å². The summed E-state index contributed by atoms with van der Waals surface area (Å²) in [5.74, 6) is 0. The lowest BCUT2D eigenvalue weighted by molar-refractivity contribution is -0.141. The topological polar surface area (TPSA) is 30.0 Å². The number of halogens is 6. The van der Waals surface area contributed by atoms with E-state index in [4.69, 9.17) is 34.8 Å². The predicted molar refractivity (Wildman–Crippen MR) is 75.1 cm³/mol. The third-order valence-electron chi connectivity index (χ3n) is 2.65. The average Bonchev–Trinajstić information content (AvgIpc) is 2.43. The van der Waals surface area contributed by atoms with Crippen LogP contribution < -0.4 is 0 Å². The van der Waals surface area contributed by atoms with Crippen LogP contribution in [0.2, 0.25) is 15.1 Å². The monoisotopic (exact) mass is 353 g/mol. The van der Waals surface area contributed by atoms with Crippen LogP contribution in [0.25, 0.3) is 11.1 Å². The lowest BCUT2D eigenvalue weighted by atomic mass is 10.0. The lowest BCUT2D eigenvalue weighted by Gasteiger charge is -2.11. The van der Waals surface area contributed by atoms with Crippen LogP contribution in [0.1, 0.15) is 16.2 Å². The molecule has 0 bridgehead atoms. The Kier molecular flexibility index (Phi) is 4.46. The number of pyridine rings is 1. The zero-order valence-corrected chi connectivity index (χ0v) is 12.3. The van der Waals surface area contributed by atoms with Gasteiger partial charge in [-0.1, -0.05) is 40.9 Å². The van der Waals surface area contributed by atoms with Crippen LogP contribution in [0.3, 0.4) is 0 Å². The third kappa shape index (κ3) is 3.15. The van der Waals surface area contributed by atoms with Gasteiger partial charge in [0.2, 0.25) is 0 Å². The summed E-state index contributed by atoms with van der Waals surface area (Å²) < 4.78 is 37.8. The number of carbonyl (C=O) groups excluding carboxylic acids is 1. The van der Waals surface area contributed by atoms with Crippen LogP contribution in [0, 0.1) is 0 Å². The highest BCUT2D eigenvalue weighted by Crippen LogP contribution is 2.39. The fourth-order valence-electron chi connectivity index (χ4n) is 1.68. The molecule has 0 aliphatic rings. The van der Waals surface area contributed by atoms with E-state index in [0.29, 0.717) is 0 Å². The van der Waals surface area contributed by atoms with Crippen LogP contribution in [0.15, 0.2) is 24.3 Å². The van der Waals surface area contributed by atoms with Gasteiger partial charge in [0.25, 0.3) is 0 Å². The first kappa shape index (κ1) is 16.1. The normalized spacial score (nSPS) is 11.5. The van der Waals surface area contributed by atoms with Crippen molar-refractivity contribution < 1.29 is 18.0 Å². The van der Waals surface area contributed by atoms with Crippen LogP contribution in [0.5, 0.6) is 0 Å². The van der Waals surface area contributed by atoms with Crippen molar-refractivity contribution in [2.75, 3.05) is 0 Å². The molecule has 1 heterocycles. The number of alkyl halides is 3. The summed E-state index contributed by atoms with van der Waals surface area (Å²) >= 11 is 17.7. The Morgan fingerprint density at radius 2 is 1.57 bits per heavy atom. The number of benzene rings is 1. The largest absolute Gasteiger partial charge is 0.433 e. The number of rotatable bonds is 2.